The average Bonchev–Trinajstić information content (AvgIpc) is 3.05. The standard InChI is InChI=1S/C14H16N6/c1-10-12(9-19(2)17-10)14(15)13-8-16-18-20(13)11-6-4-3-5-7-11/h3-9,14H,15H2,1-2H3. The van der Waals surface area contributed by atoms with Crippen LogP contribution in [0.5, 0.6) is 0 Å². The first-order chi connectivity index (χ1) is 9.66. The molecule has 3 aromatic rings. The Kier molecular flexibility index (Phi) is 3.08. The lowest BCUT2D eigenvalue weighted by molar-refractivity contribution is 0.716. The largest absolute Gasteiger partial charge is 0.319 e. The Labute approximate surface area is 116 Å². The van der Waals surface area contributed by atoms with Gasteiger partial charge in [-0.25, -0.2) is 4.68 Å². The van der Waals surface area contributed by atoms with Crippen molar-refractivity contribution in [1.82, 2.24) is 24.8 Å². The van der Waals surface area contributed by atoms with Crippen LogP contribution in [0.25, 0.3) is 5.69 Å². The fourth-order valence-electron chi connectivity index (χ4n) is 2.31. The number of aromatic nitrogens is 5. The van der Waals surface area contributed by atoms with Gasteiger partial charge in [0.05, 0.1) is 29.3 Å². The third-order valence-corrected chi connectivity index (χ3v) is 3.28. The Morgan fingerprint density at radius 2 is 1.95 bits per heavy atom. The van der Waals surface area contributed by atoms with Crippen molar-refractivity contribution < 1.29 is 0 Å². The fourth-order valence-corrected chi connectivity index (χ4v) is 2.31. The molecule has 20 heavy (non-hydrogen) atoms. The van der Waals surface area contributed by atoms with Crippen molar-refractivity contribution in [2.75, 3.05) is 0 Å². The zero-order chi connectivity index (χ0) is 14.1. The van der Waals surface area contributed by atoms with E-state index in [-0.39, 0.29) is 6.04 Å². The van der Waals surface area contributed by atoms with Gasteiger partial charge >= 0.3 is 0 Å². The first kappa shape index (κ1) is 12.6. The summed E-state index contributed by atoms with van der Waals surface area (Å²) in [6.07, 6.45) is 3.63. The van der Waals surface area contributed by atoms with E-state index in [1.54, 1.807) is 15.6 Å². The quantitative estimate of drug-likeness (QED) is 0.778. The first-order valence-electron chi connectivity index (χ1n) is 6.38. The maximum atomic E-state index is 6.36. The third kappa shape index (κ3) is 2.10. The summed E-state index contributed by atoms with van der Waals surface area (Å²) in [7, 11) is 1.88. The van der Waals surface area contributed by atoms with Gasteiger partial charge in [-0.2, -0.15) is 5.10 Å². The fraction of sp³-hybridized carbons (Fsp3) is 0.214. The molecule has 0 aliphatic carbocycles. The molecule has 1 aromatic carbocycles. The van der Waals surface area contributed by atoms with E-state index in [0.717, 1.165) is 22.6 Å². The molecule has 2 N–H and O–H groups in total. The Morgan fingerprint density at radius 3 is 2.60 bits per heavy atom. The van der Waals surface area contributed by atoms with E-state index < -0.39 is 0 Å². The van der Waals surface area contributed by atoms with Crippen molar-refractivity contribution in [3.63, 3.8) is 0 Å². The summed E-state index contributed by atoms with van der Waals surface area (Å²) in [5.41, 5.74) is 10.0. The number of hydrogen-bond acceptors (Lipinski definition) is 4. The molecule has 0 aliphatic rings. The monoisotopic (exact) mass is 268 g/mol. The minimum atomic E-state index is -0.307. The van der Waals surface area contributed by atoms with Gasteiger partial charge in [-0.3, -0.25) is 4.68 Å². The maximum Gasteiger partial charge on any atom is 0.0859 e. The zero-order valence-electron chi connectivity index (χ0n) is 11.4. The van der Waals surface area contributed by atoms with E-state index in [4.69, 9.17) is 5.73 Å². The van der Waals surface area contributed by atoms with Crippen molar-refractivity contribution in [2.45, 2.75) is 13.0 Å². The van der Waals surface area contributed by atoms with Crippen LogP contribution in [0.2, 0.25) is 0 Å². The lowest BCUT2D eigenvalue weighted by Crippen LogP contribution is -2.17. The molecule has 6 heteroatoms. The number of nitrogens with zero attached hydrogens (tertiary/aromatic N) is 5. The van der Waals surface area contributed by atoms with Crippen LogP contribution in [0, 0.1) is 6.92 Å². The summed E-state index contributed by atoms with van der Waals surface area (Å²) >= 11 is 0. The molecule has 0 aliphatic heterocycles. The van der Waals surface area contributed by atoms with Crippen molar-refractivity contribution in [1.29, 1.82) is 0 Å². The zero-order valence-corrected chi connectivity index (χ0v) is 11.4. The van der Waals surface area contributed by atoms with Gasteiger partial charge in [0.25, 0.3) is 0 Å². The van der Waals surface area contributed by atoms with Crippen LogP contribution in [0.1, 0.15) is 23.0 Å². The van der Waals surface area contributed by atoms with Crippen molar-refractivity contribution in [3.8, 4) is 5.69 Å². The molecule has 1 unspecified atom stereocenters. The van der Waals surface area contributed by atoms with E-state index in [9.17, 15) is 0 Å². The molecule has 0 saturated carbocycles. The van der Waals surface area contributed by atoms with Crippen LogP contribution < -0.4 is 5.73 Å². The van der Waals surface area contributed by atoms with Crippen LogP contribution in [-0.2, 0) is 7.05 Å². The summed E-state index contributed by atoms with van der Waals surface area (Å²) in [4.78, 5) is 0. The van der Waals surface area contributed by atoms with Crippen LogP contribution in [0.4, 0.5) is 0 Å². The Bertz CT molecular complexity index is 712. The number of benzene rings is 1. The molecule has 2 heterocycles. The van der Waals surface area contributed by atoms with Gasteiger partial charge in [0.1, 0.15) is 0 Å². The minimum Gasteiger partial charge on any atom is -0.319 e. The van der Waals surface area contributed by atoms with Gasteiger partial charge in [0, 0.05) is 18.8 Å². The average molecular weight is 268 g/mol. The van der Waals surface area contributed by atoms with Gasteiger partial charge in [-0.1, -0.05) is 23.4 Å². The molecule has 102 valence electrons. The number of para-hydroxylation sites is 1. The molecule has 3 rings (SSSR count). The molecule has 0 radical (unpaired) electrons. The molecule has 2 aromatic heterocycles. The van der Waals surface area contributed by atoms with Crippen LogP contribution in [0.15, 0.2) is 42.7 Å². The highest BCUT2D eigenvalue weighted by atomic mass is 15.4. The number of hydrogen-bond donors (Lipinski definition) is 1. The second kappa shape index (κ2) is 4.90. The molecule has 0 fully saturated rings. The molecule has 0 amide bonds. The van der Waals surface area contributed by atoms with Crippen molar-refractivity contribution in [2.24, 2.45) is 12.8 Å². The smallest absolute Gasteiger partial charge is 0.0859 e. The highest BCUT2D eigenvalue weighted by Gasteiger charge is 2.19. The second-order valence-corrected chi connectivity index (χ2v) is 4.73. The molecular weight excluding hydrogens is 252 g/mol. The van der Waals surface area contributed by atoms with Gasteiger partial charge < -0.3 is 5.73 Å². The molecular formula is C14H16N6. The SMILES string of the molecule is Cc1nn(C)cc1C(N)c1cnnn1-c1ccccc1. The van der Waals surface area contributed by atoms with Gasteiger partial charge in [-0.05, 0) is 19.1 Å². The van der Waals surface area contributed by atoms with E-state index >= 15 is 0 Å². The van der Waals surface area contributed by atoms with Crippen molar-refractivity contribution >= 4 is 0 Å². The highest BCUT2D eigenvalue weighted by Crippen LogP contribution is 2.22. The van der Waals surface area contributed by atoms with Crippen LogP contribution >= 0.6 is 0 Å². The summed E-state index contributed by atoms with van der Waals surface area (Å²) in [5, 5.41) is 12.4. The lowest BCUT2D eigenvalue weighted by atomic mass is 10.1. The van der Waals surface area contributed by atoms with Crippen LogP contribution in [0.3, 0.4) is 0 Å². The molecule has 6 nitrogen and oxygen atoms in total. The molecule has 0 spiro atoms. The summed E-state index contributed by atoms with van der Waals surface area (Å²) < 4.78 is 3.53. The maximum absolute atomic E-state index is 6.36. The number of rotatable bonds is 3. The Morgan fingerprint density at radius 1 is 1.20 bits per heavy atom. The highest BCUT2D eigenvalue weighted by molar-refractivity contribution is 5.35. The number of aryl methyl sites for hydroxylation is 2. The van der Waals surface area contributed by atoms with E-state index in [2.05, 4.69) is 15.4 Å². The minimum absolute atomic E-state index is 0.307. The normalized spacial score (nSPS) is 12.6. The van der Waals surface area contributed by atoms with Crippen LogP contribution in [-0.4, -0.2) is 24.8 Å². The van der Waals surface area contributed by atoms with E-state index in [1.807, 2.05) is 50.5 Å². The molecule has 1 atom stereocenters. The summed E-state index contributed by atoms with van der Waals surface area (Å²) in [6, 6.07) is 9.52. The van der Waals surface area contributed by atoms with Gasteiger partial charge in [0.15, 0.2) is 0 Å². The second-order valence-electron chi connectivity index (χ2n) is 4.73. The summed E-state index contributed by atoms with van der Waals surface area (Å²) in [6.45, 7) is 1.95. The van der Waals surface area contributed by atoms with Crippen molar-refractivity contribution in [3.05, 3.63) is 59.7 Å². The van der Waals surface area contributed by atoms with Gasteiger partial charge in [0.2, 0.25) is 0 Å². The Balaban J connectivity index is 2.04. The van der Waals surface area contributed by atoms with E-state index in [1.165, 1.54) is 0 Å². The van der Waals surface area contributed by atoms with Gasteiger partial charge in [-0.15, -0.1) is 5.10 Å². The predicted octanol–water partition coefficient (Wildman–Crippen LogP) is 1.36. The molecule has 0 saturated heterocycles. The third-order valence-electron chi connectivity index (χ3n) is 3.28. The Hall–Kier alpha value is -2.47. The van der Waals surface area contributed by atoms with E-state index in [0.29, 0.717) is 0 Å². The lowest BCUT2D eigenvalue weighted by Gasteiger charge is -2.12. The first-order valence-corrected chi connectivity index (χ1v) is 6.38. The predicted molar refractivity (Wildman–Crippen MR) is 75.3 cm³/mol. The molecule has 0 bridgehead atoms. The summed E-state index contributed by atoms with van der Waals surface area (Å²) in [5.74, 6) is 0. The number of nitrogens with two attached hydrogens (primary N) is 1. The topological polar surface area (TPSA) is 74.6 Å².